The molecule has 1 spiro atoms. The lowest BCUT2D eigenvalue weighted by molar-refractivity contribution is 0.353. The van der Waals surface area contributed by atoms with E-state index >= 15 is 0 Å². The van der Waals surface area contributed by atoms with Gasteiger partial charge in [0.2, 0.25) is 0 Å². The van der Waals surface area contributed by atoms with Crippen molar-refractivity contribution in [3.63, 3.8) is 0 Å². The van der Waals surface area contributed by atoms with Gasteiger partial charge in [0, 0.05) is 44.8 Å². The van der Waals surface area contributed by atoms with Gasteiger partial charge >= 0.3 is 0 Å². The molecule has 91 heavy (non-hydrogen) atoms. The van der Waals surface area contributed by atoms with Crippen LogP contribution in [0.25, 0.3) is 89.0 Å². The number of anilines is 6. The minimum absolute atomic E-state index is 0.0468. The van der Waals surface area contributed by atoms with Gasteiger partial charge < -0.3 is 9.80 Å². The fraction of sp³-hybridized carbons (Fsp3) is 0.124. The zero-order chi connectivity index (χ0) is 60.9. The molecule has 16 rings (SSSR count). The highest BCUT2D eigenvalue weighted by molar-refractivity contribution is 5.93. The van der Waals surface area contributed by atoms with Crippen LogP contribution in [0, 0.1) is 0 Å². The summed E-state index contributed by atoms with van der Waals surface area (Å²) in [5.41, 5.74) is 32.5. The molecule has 0 atom stereocenters. The molecular weight excluding hydrogens is 1100 g/mol. The largest absolute Gasteiger partial charge is 0.310 e. The van der Waals surface area contributed by atoms with Crippen LogP contribution < -0.4 is 9.80 Å². The van der Waals surface area contributed by atoms with Crippen molar-refractivity contribution in [3.05, 3.63) is 338 Å². The van der Waals surface area contributed by atoms with Gasteiger partial charge in [-0.25, -0.2) is 0 Å². The van der Waals surface area contributed by atoms with Crippen LogP contribution in [0.5, 0.6) is 0 Å². The Labute approximate surface area is 537 Å². The fourth-order valence-electron chi connectivity index (χ4n) is 15.9. The van der Waals surface area contributed by atoms with Gasteiger partial charge in [-0.05, 0) is 222 Å². The highest BCUT2D eigenvalue weighted by atomic mass is 15.1. The van der Waals surface area contributed by atoms with E-state index in [0.717, 1.165) is 54.1 Å². The minimum Gasteiger partial charge on any atom is -0.310 e. The molecule has 0 radical (unpaired) electrons. The number of rotatable bonds is 14. The van der Waals surface area contributed by atoms with E-state index in [-0.39, 0.29) is 10.8 Å². The summed E-state index contributed by atoms with van der Waals surface area (Å²) in [7, 11) is 0. The number of benzene rings is 13. The maximum Gasteiger partial charge on any atom is 0.0540 e. The zero-order valence-electron chi connectivity index (χ0n) is 51.9. The summed E-state index contributed by atoms with van der Waals surface area (Å²) in [6.45, 7) is 4.72. The maximum absolute atomic E-state index is 2.59. The van der Waals surface area contributed by atoms with Gasteiger partial charge in [-0.3, -0.25) is 0 Å². The normalized spacial score (nSPS) is 13.9. The zero-order valence-corrected chi connectivity index (χ0v) is 51.9. The molecule has 2 heteroatoms. The fourth-order valence-corrected chi connectivity index (χ4v) is 15.9. The molecule has 0 amide bonds. The Morgan fingerprint density at radius 1 is 0.242 bits per heavy atom. The highest BCUT2D eigenvalue weighted by Gasteiger charge is 2.45. The van der Waals surface area contributed by atoms with E-state index in [4.69, 9.17) is 0 Å². The Balaban J connectivity index is 0.788. The second-order valence-electron chi connectivity index (χ2n) is 25.3. The Kier molecular flexibility index (Phi) is 14.4. The number of nitrogens with zero attached hydrogens (tertiary/aromatic N) is 2. The average Bonchev–Trinajstić information content (AvgIpc) is 1.58. The van der Waals surface area contributed by atoms with Gasteiger partial charge in [0.15, 0.2) is 0 Å². The summed E-state index contributed by atoms with van der Waals surface area (Å²) in [5, 5.41) is 0. The van der Waals surface area contributed by atoms with E-state index in [0.29, 0.717) is 0 Å². The van der Waals surface area contributed by atoms with Crippen molar-refractivity contribution in [1.29, 1.82) is 0 Å². The van der Waals surface area contributed by atoms with Gasteiger partial charge in [0.1, 0.15) is 0 Å². The third kappa shape index (κ3) is 9.81. The lowest BCUT2D eigenvalue weighted by Gasteiger charge is -2.37. The summed E-state index contributed by atoms with van der Waals surface area (Å²) < 4.78 is 0. The Morgan fingerprint density at radius 2 is 0.593 bits per heavy atom. The smallest absolute Gasteiger partial charge is 0.0540 e. The summed E-state index contributed by atoms with van der Waals surface area (Å²) in [4.78, 5) is 4.96. The summed E-state index contributed by atoms with van der Waals surface area (Å²) in [6, 6.07) is 118. The first kappa shape index (κ1) is 55.7. The molecule has 0 bridgehead atoms. The van der Waals surface area contributed by atoms with Crippen LogP contribution in [-0.2, 0) is 10.8 Å². The van der Waals surface area contributed by atoms with E-state index in [1.165, 1.54) is 136 Å². The lowest BCUT2D eigenvalue weighted by Crippen LogP contribution is -2.28. The Morgan fingerprint density at radius 3 is 1.13 bits per heavy atom. The van der Waals surface area contributed by atoms with Gasteiger partial charge in [0.25, 0.3) is 0 Å². The molecule has 0 saturated heterocycles. The first-order chi connectivity index (χ1) is 45.0. The molecule has 0 heterocycles. The SMILES string of the molecule is CCC1(CC)c2ccccc2-c2ccc(N(c3ccc(-c4ccccc4)cc3)c3ccc(-c4cc(-c5ccccc5)cc(-c5ccc6c(c5)C5(CCCCC5)c5cc(N(c7ccc(-c8ccccc8)cc7)c7ccccc7-c7ccccc7)ccc5-6)c4)cc3)cc21. The second kappa shape index (κ2) is 23.4. The van der Waals surface area contributed by atoms with Crippen molar-refractivity contribution in [2.24, 2.45) is 0 Å². The van der Waals surface area contributed by atoms with Crippen molar-refractivity contribution in [3.8, 4) is 89.0 Å². The van der Waals surface area contributed by atoms with Crippen LogP contribution in [-0.4, -0.2) is 0 Å². The molecule has 3 aliphatic rings. The third-order valence-corrected chi connectivity index (χ3v) is 20.6. The maximum atomic E-state index is 2.59. The van der Waals surface area contributed by atoms with Gasteiger partial charge in [-0.2, -0.15) is 0 Å². The van der Waals surface area contributed by atoms with Gasteiger partial charge in [0.05, 0.1) is 5.69 Å². The highest BCUT2D eigenvalue weighted by Crippen LogP contribution is 2.59. The van der Waals surface area contributed by atoms with Crippen LogP contribution in [0.2, 0.25) is 0 Å². The minimum atomic E-state index is -0.114. The Hall–Kier alpha value is -10.5. The molecule has 3 aliphatic carbocycles. The van der Waals surface area contributed by atoms with Crippen molar-refractivity contribution >= 4 is 34.1 Å². The van der Waals surface area contributed by atoms with Gasteiger partial charge in [-0.15, -0.1) is 0 Å². The quantitative estimate of drug-likeness (QED) is 0.107. The summed E-state index contributed by atoms with van der Waals surface area (Å²) in [6.07, 6.45) is 7.99. The van der Waals surface area contributed by atoms with Crippen LogP contribution >= 0.6 is 0 Å². The molecule has 438 valence electrons. The van der Waals surface area contributed by atoms with Crippen molar-refractivity contribution < 1.29 is 0 Å². The number of hydrogen-bond acceptors (Lipinski definition) is 2. The topological polar surface area (TPSA) is 6.48 Å². The number of para-hydroxylation sites is 1. The van der Waals surface area contributed by atoms with Crippen molar-refractivity contribution in [2.75, 3.05) is 9.80 Å². The van der Waals surface area contributed by atoms with Crippen molar-refractivity contribution in [1.82, 2.24) is 0 Å². The molecular formula is C89H72N2. The molecule has 0 aliphatic heterocycles. The molecule has 13 aromatic rings. The molecule has 0 N–H and O–H groups in total. The monoisotopic (exact) mass is 1170 g/mol. The lowest BCUT2D eigenvalue weighted by atomic mass is 9.67. The van der Waals surface area contributed by atoms with E-state index in [1.54, 1.807) is 0 Å². The number of fused-ring (bicyclic) bond motifs is 8. The average molecular weight is 1170 g/mol. The van der Waals surface area contributed by atoms with Crippen LogP contribution in [0.4, 0.5) is 34.1 Å². The molecule has 1 fully saturated rings. The van der Waals surface area contributed by atoms with Gasteiger partial charge in [-0.1, -0.05) is 258 Å². The molecule has 0 aromatic heterocycles. The van der Waals surface area contributed by atoms with E-state index < -0.39 is 0 Å². The first-order valence-corrected chi connectivity index (χ1v) is 32.9. The van der Waals surface area contributed by atoms with Crippen molar-refractivity contribution in [2.45, 2.75) is 69.6 Å². The Bertz CT molecular complexity index is 4770. The third-order valence-electron chi connectivity index (χ3n) is 20.6. The van der Waals surface area contributed by atoms with Crippen LogP contribution in [0.3, 0.4) is 0 Å². The second-order valence-corrected chi connectivity index (χ2v) is 25.3. The molecule has 13 aromatic carbocycles. The molecule has 2 nitrogen and oxygen atoms in total. The standard InChI is InChI=1S/C89H72N2/c1-3-88(4-2)83-34-20-18-33-79(83)81-52-49-76(60-85(81)88)90(73-43-36-65(37-44-73)62-24-10-5-11-25-62)74-45-40-67(41-46-74)71-56-70(64-28-14-7-15-29-64)57-72(58-71)69-42-51-80-82-53-50-77(61-86(82)89(84(80)59-69)54-22-9-23-55-89)91(75-47-38-66(39-48-75)63-26-12-6-13-27-63)87-35-21-19-32-78(87)68-30-16-8-17-31-68/h5-8,10-21,24-53,56-61H,3-4,9,22-23,54-55H2,1-2H3. The number of hydrogen-bond donors (Lipinski definition) is 0. The summed E-state index contributed by atoms with van der Waals surface area (Å²) >= 11 is 0. The van der Waals surface area contributed by atoms with Crippen LogP contribution in [0.1, 0.15) is 81.0 Å². The van der Waals surface area contributed by atoms with Crippen LogP contribution in [0.15, 0.2) is 315 Å². The summed E-state index contributed by atoms with van der Waals surface area (Å²) in [5.74, 6) is 0. The van der Waals surface area contributed by atoms with E-state index in [2.05, 4.69) is 339 Å². The predicted molar refractivity (Wildman–Crippen MR) is 385 cm³/mol. The molecule has 0 unspecified atom stereocenters. The predicted octanol–water partition coefficient (Wildman–Crippen LogP) is 24.9. The van der Waals surface area contributed by atoms with E-state index in [9.17, 15) is 0 Å². The van der Waals surface area contributed by atoms with E-state index in [1.807, 2.05) is 0 Å². The first-order valence-electron chi connectivity index (χ1n) is 32.9. The molecule has 1 saturated carbocycles.